The van der Waals surface area contributed by atoms with E-state index in [-0.39, 0.29) is 11.7 Å². The number of carboxylic acid groups (broad SMARTS) is 1. The third kappa shape index (κ3) is 4.32. The summed E-state index contributed by atoms with van der Waals surface area (Å²) in [5, 5.41) is 9.15. The fourth-order valence-electron chi connectivity index (χ4n) is 2.99. The highest BCUT2D eigenvalue weighted by Crippen LogP contribution is 2.24. The van der Waals surface area contributed by atoms with E-state index in [1.165, 1.54) is 12.1 Å². The first-order valence-corrected chi connectivity index (χ1v) is 8.08. The van der Waals surface area contributed by atoms with Gasteiger partial charge in [-0.25, -0.2) is 4.39 Å². The van der Waals surface area contributed by atoms with Crippen LogP contribution in [0.3, 0.4) is 0 Å². The molecular formula is C19H20FNO3. The molecule has 2 aromatic carbocycles. The van der Waals surface area contributed by atoms with Gasteiger partial charge in [-0.15, -0.1) is 0 Å². The van der Waals surface area contributed by atoms with Crippen LogP contribution < -0.4 is 4.74 Å². The lowest BCUT2D eigenvalue weighted by Gasteiger charge is -2.30. The molecule has 2 aromatic rings. The monoisotopic (exact) mass is 329 g/mol. The Morgan fingerprint density at radius 3 is 2.71 bits per heavy atom. The van der Waals surface area contributed by atoms with E-state index in [4.69, 9.17) is 9.84 Å². The van der Waals surface area contributed by atoms with Gasteiger partial charge in [0, 0.05) is 19.2 Å². The van der Waals surface area contributed by atoms with Crippen LogP contribution in [-0.2, 0) is 11.3 Å². The summed E-state index contributed by atoms with van der Waals surface area (Å²) in [4.78, 5) is 13.3. The maximum atomic E-state index is 13.2. The van der Waals surface area contributed by atoms with E-state index in [9.17, 15) is 9.18 Å². The average Bonchev–Trinajstić information content (AvgIpc) is 2.57. The van der Waals surface area contributed by atoms with Crippen molar-refractivity contribution in [3.63, 3.8) is 0 Å². The number of likely N-dealkylation sites (tertiary alicyclic amines) is 1. The molecule has 24 heavy (non-hydrogen) atoms. The summed E-state index contributed by atoms with van der Waals surface area (Å²) in [5.41, 5.74) is 1.10. The Labute approximate surface area is 140 Å². The number of hydrogen-bond acceptors (Lipinski definition) is 3. The number of carboxylic acids is 1. The summed E-state index contributed by atoms with van der Waals surface area (Å²) in [7, 11) is 0. The van der Waals surface area contributed by atoms with E-state index in [0.29, 0.717) is 18.0 Å². The molecule has 0 amide bonds. The fourth-order valence-corrected chi connectivity index (χ4v) is 2.99. The third-order valence-corrected chi connectivity index (χ3v) is 4.22. The minimum absolute atomic E-state index is 0.269. The molecule has 0 aromatic heterocycles. The van der Waals surface area contributed by atoms with Gasteiger partial charge in [-0.3, -0.25) is 9.69 Å². The molecule has 0 aliphatic carbocycles. The highest BCUT2D eigenvalue weighted by Gasteiger charge is 2.25. The number of aliphatic carboxylic acids is 1. The topological polar surface area (TPSA) is 49.8 Å². The van der Waals surface area contributed by atoms with E-state index in [0.717, 1.165) is 31.5 Å². The van der Waals surface area contributed by atoms with E-state index < -0.39 is 5.97 Å². The zero-order chi connectivity index (χ0) is 16.9. The largest absolute Gasteiger partial charge is 0.481 e. The number of benzene rings is 2. The molecular weight excluding hydrogens is 309 g/mol. The molecule has 1 aliphatic heterocycles. The Kier molecular flexibility index (Phi) is 5.11. The van der Waals surface area contributed by atoms with Gasteiger partial charge in [-0.1, -0.05) is 18.2 Å². The molecule has 1 atom stereocenters. The Hall–Kier alpha value is -2.40. The molecule has 1 fully saturated rings. The molecule has 1 saturated heterocycles. The van der Waals surface area contributed by atoms with Crippen molar-refractivity contribution in [3.8, 4) is 11.5 Å². The van der Waals surface area contributed by atoms with Gasteiger partial charge >= 0.3 is 5.97 Å². The first-order valence-electron chi connectivity index (χ1n) is 8.08. The number of ether oxygens (including phenoxy) is 1. The Morgan fingerprint density at radius 2 is 2.00 bits per heavy atom. The molecule has 3 rings (SSSR count). The van der Waals surface area contributed by atoms with Crippen molar-refractivity contribution in [1.82, 2.24) is 4.90 Å². The van der Waals surface area contributed by atoms with Gasteiger partial charge in [0.05, 0.1) is 5.92 Å². The summed E-state index contributed by atoms with van der Waals surface area (Å²) in [5.74, 6) is -0.204. The van der Waals surface area contributed by atoms with Crippen molar-refractivity contribution in [2.45, 2.75) is 19.4 Å². The second kappa shape index (κ2) is 7.45. The van der Waals surface area contributed by atoms with Crippen LogP contribution in [0.15, 0.2) is 48.5 Å². The second-order valence-corrected chi connectivity index (χ2v) is 6.12. The number of halogens is 1. The van der Waals surface area contributed by atoms with E-state index in [2.05, 4.69) is 4.90 Å². The number of nitrogens with zero attached hydrogens (tertiary/aromatic N) is 1. The Morgan fingerprint density at radius 1 is 1.21 bits per heavy atom. The van der Waals surface area contributed by atoms with Crippen molar-refractivity contribution in [2.75, 3.05) is 13.1 Å². The van der Waals surface area contributed by atoms with Gasteiger partial charge in [0.25, 0.3) is 0 Å². The van der Waals surface area contributed by atoms with Crippen molar-refractivity contribution in [3.05, 3.63) is 59.9 Å². The van der Waals surface area contributed by atoms with Crippen LogP contribution in [0.2, 0.25) is 0 Å². The van der Waals surface area contributed by atoms with Crippen LogP contribution in [0, 0.1) is 11.7 Å². The second-order valence-electron chi connectivity index (χ2n) is 6.12. The summed E-state index contributed by atoms with van der Waals surface area (Å²) in [6.45, 7) is 2.24. The lowest BCUT2D eigenvalue weighted by atomic mass is 9.98. The summed E-state index contributed by atoms with van der Waals surface area (Å²) >= 11 is 0. The van der Waals surface area contributed by atoms with Crippen molar-refractivity contribution >= 4 is 5.97 Å². The van der Waals surface area contributed by atoms with Gasteiger partial charge in [0.2, 0.25) is 0 Å². The minimum atomic E-state index is -0.710. The van der Waals surface area contributed by atoms with Crippen molar-refractivity contribution in [1.29, 1.82) is 0 Å². The van der Waals surface area contributed by atoms with Gasteiger partial charge < -0.3 is 9.84 Å². The zero-order valence-corrected chi connectivity index (χ0v) is 13.3. The van der Waals surface area contributed by atoms with E-state index in [1.54, 1.807) is 12.1 Å². The molecule has 0 radical (unpaired) electrons. The number of rotatable bonds is 5. The first kappa shape index (κ1) is 16.5. The van der Waals surface area contributed by atoms with Crippen molar-refractivity contribution < 1.29 is 19.0 Å². The summed E-state index contributed by atoms with van der Waals surface area (Å²) in [6.07, 6.45) is 1.67. The Bertz CT molecular complexity index is 702. The molecule has 0 spiro atoms. The molecule has 1 N–H and O–H groups in total. The molecule has 126 valence electrons. The van der Waals surface area contributed by atoms with Crippen LogP contribution >= 0.6 is 0 Å². The molecule has 1 heterocycles. The molecule has 0 bridgehead atoms. The smallest absolute Gasteiger partial charge is 0.307 e. The van der Waals surface area contributed by atoms with Gasteiger partial charge in [-0.2, -0.15) is 0 Å². The minimum Gasteiger partial charge on any atom is -0.481 e. The lowest BCUT2D eigenvalue weighted by molar-refractivity contribution is -0.143. The highest BCUT2D eigenvalue weighted by molar-refractivity contribution is 5.70. The molecule has 0 saturated carbocycles. The van der Waals surface area contributed by atoms with Gasteiger partial charge in [0.1, 0.15) is 17.3 Å². The molecule has 1 aliphatic rings. The summed E-state index contributed by atoms with van der Waals surface area (Å²) in [6, 6.07) is 13.6. The predicted octanol–water partition coefficient (Wildman–Crippen LogP) is 3.91. The quantitative estimate of drug-likeness (QED) is 0.903. The molecule has 1 unspecified atom stereocenters. The van der Waals surface area contributed by atoms with Crippen LogP contribution in [0.1, 0.15) is 18.4 Å². The van der Waals surface area contributed by atoms with Crippen LogP contribution in [0.25, 0.3) is 0 Å². The lowest BCUT2D eigenvalue weighted by Crippen LogP contribution is -2.38. The van der Waals surface area contributed by atoms with Crippen LogP contribution in [0.4, 0.5) is 4.39 Å². The maximum absolute atomic E-state index is 13.2. The third-order valence-electron chi connectivity index (χ3n) is 4.22. The molecule has 5 heteroatoms. The number of piperidine rings is 1. The van der Waals surface area contributed by atoms with E-state index in [1.807, 2.05) is 24.3 Å². The van der Waals surface area contributed by atoms with Gasteiger partial charge in [0.15, 0.2) is 0 Å². The Balaban J connectivity index is 1.59. The molecule has 4 nitrogen and oxygen atoms in total. The SMILES string of the molecule is O=C(O)C1CCCN(Cc2ccc(Oc3cccc(F)c3)cc2)C1. The van der Waals surface area contributed by atoms with Gasteiger partial charge in [-0.05, 0) is 49.2 Å². The number of hydrogen-bond donors (Lipinski definition) is 1. The number of carbonyl (C=O) groups is 1. The van der Waals surface area contributed by atoms with Crippen molar-refractivity contribution in [2.24, 2.45) is 5.92 Å². The predicted molar refractivity (Wildman–Crippen MR) is 88.6 cm³/mol. The highest BCUT2D eigenvalue weighted by atomic mass is 19.1. The van der Waals surface area contributed by atoms with Crippen LogP contribution in [0.5, 0.6) is 11.5 Å². The fraction of sp³-hybridized carbons (Fsp3) is 0.316. The standard InChI is InChI=1S/C19H20FNO3/c20-16-4-1-5-18(11-16)24-17-8-6-14(7-9-17)12-21-10-2-3-15(13-21)19(22)23/h1,4-9,11,15H,2-3,10,12-13H2,(H,22,23). The normalized spacial score (nSPS) is 18.3. The first-order chi connectivity index (χ1) is 11.6. The average molecular weight is 329 g/mol. The zero-order valence-electron chi connectivity index (χ0n) is 13.3. The van der Waals surface area contributed by atoms with E-state index >= 15 is 0 Å². The van der Waals surface area contributed by atoms with Crippen LogP contribution in [-0.4, -0.2) is 29.1 Å². The summed E-state index contributed by atoms with van der Waals surface area (Å²) < 4.78 is 18.8. The maximum Gasteiger partial charge on any atom is 0.307 e.